The Morgan fingerprint density at radius 1 is 1.19 bits per heavy atom. The third-order valence-electron chi connectivity index (χ3n) is 2.51. The van der Waals surface area contributed by atoms with Crippen molar-refractivity contribution in [3.63, 3.8) is 0 Å². The van der Waals surface area contributed by atoms with E-state index in [1.807, 2.05) is 0 Å². The van der Waals surface area contributed by atoms with Crippen molar-refractivity contribution in [3.8, 4) is 0 Å². The van der Waals surface area contributed by atoms with E-state index in [4.69, 9.17) is 4.74 Å². The van der Waals surface area contributed by atoms with Crippen molar-refractivity contribution >= 4 is 0 Å². The highest BCUT2D eigenvalue weighted by molar-refractivity contribution is 4.70. The van der Waals surface area contributed by atoms with E-state index >= 15 is 0 Å². The molecule has 0 radical (unpaired) electrons. The minimum atomic E-state index is 0.442. The van der Waals surface area contributed by atoms with Gasteiger partial charge in [-0.1, -0.05) is 6.92 Å². The molecule has 1 N–H and O–H groups in total. The number of ether oxygens (including phenoxy) is 1. The Labute approximate surface area is 101 Å². The molecule has 0 saturated heterocycles. The summed E-state index contributed by atoms with van der Waals surface area (Å²) in [7, 11) is 8.14. The van der Waals surface area contributed by atoms with Crippen LogP contribution in [-0.4, -0.2) is 76.9 Å². The molecule has 0 amide bonds. The molecule has 98 valence electrons. The van der Waals surface area contributed by atoms with E-state index < -0.39 is 0 Å². The summed E-state index contributed by atoms with van der Waals surface area (Å²) in [6.45, 7) is 7.28. The lowest BCUT2D eigenvalue weighted by atomic mass is 10.2. The molecule has 0 aliphatic rings. The van der Waals surface area contributed by atoms with Crippen molar-refractivity contribution in [3.05, 3.63) is 0 Å². The van der Waals surface area contributed by atoms with E-state index in [1.165, 1.54) is 6.42 Å². The molecular weight excluding hydrogens is 202 g/mol. The fraction of sp³-hybridized carbons (Fsp3) is 1.00. The van der Waals surface area contributed by atoms with Crippen LogP contribution in [-0.2, 0) is 4.74 Å². The van der Waals surface area contributed by atoms with Gasteiger partial charge in [-0.3, -0.25) is 0 Å². The zero-order valence-electron chi connectivity index (χ0n) is 11.6. The molecule has 0 aromatic heterocycles. The molecule has 0 aliphatic heterocycles. The summed E-state index contributed by atoms with van der Waals surface area (Å²) < 4.78 is 5.23. The van der Waals surface area contributed by atoms with Crippen LogP contribution in [0.5, 0.6) is 0 Å². The van der Waals surface area contributed by atoms with Gasteiger partial charge in [0.15, 0.2) is 0 Å². The third kappa shape index (κ3) is 9.09. The maximum Gasteiger partial charge on any atom is 0.0628 e. The summed E-state index contributed by atoms with van der Waals surface area (Å²) in [6.07, 6.45) is 1.17. The van der Waals surface area contributed by atoms with Crippen LogP contribution < -0.4 is 5.32 Å². The Morgan fingerprint density at radius 3 is 2.38 bits per heavy atom. The number of methoxy groups -OCH3 is 1. The largest absolute Gasteiger partial charge is 0.383 e. The van der Waals surface area contributed by atoms with Crippen LogP contribution in [0.1, 0.15) is 13.3 Å². The normalized spacial score (nSPS) is 13.7. The van der Waals surface area contributed by atoms with Gasteiger partial charge in [-0.25, -0.2) is 0 Å². The fourth-order valence-electron chi connectivity index (χ4n) is 1.56. The molecule has 0 aliphatic carbocycles. The van der Waals surface area contributed by atoms with E-state index in [0.717, 1.165) is 32.8 Å². The van der Waals surface area contributed by atoms with Crippen molar-refractivity contribution < 1.29 is 4.74 Å². The predicted octanol–water partition coefficient (Wildman–Crippen LogP) is 0.494. The maximum atomic E-state index is 5.23. The zero-order valence-corrected chi connectivity index (χ0v) is 11.6. The topological polar surface area (TPSA) is 27.7 Å². The van der Waals surface area contributed by atoms with Crippen LogP contribution in [0.4, 0.5) is 0 Å². The number of nitrogens with zero attached hydrogens (tertiary/aromatic N) is 2. The second-order valence-electron chi connectivity index (χ2n) is 4.67. The molecule has 16 heavy (non-hydrogen) atoms. The number of hydrogen-bond donors (Lipinski definition) is 1. The van der Waals surface area contributed by atoms with Gasteiger partial charge in [-0.2, -0.15) is 0 Å². The van der Waals surface area contributed by atoms with E-state index in [-0.39, 0.29) is 0 Å². The SMILES string of the molecule is CCCNC(COC)CN(C)CCN(C)C. The Bertz CT molecular complexity index is 153. The van der Waals surface area contributed by atoms with Gasteiger partial charge in [0.2, 0.25) is 0 Å². The lowest BCUT2D eigenvalue weighted by Crippen LogP contribution is -2.44. The molecule has 0 bridgehead atoms. The molecule has 0 aromatic carbocycles. The van der Waals surface area contributed by atoms with Gasteiger partial charge < -0.3 is 19.9 Å². The number of hydrogen-bond acceptors (Lipinski definition) is 4. The van der Waals surface area contributed by atoms with Crippen molar-refractivity contribution in [1.29, 1.82) is 0 Å². The summed E-state index contributed by atoms with van der Waals surface area (Å²) in [5, 5.41) is 3.51. The highest BCUT2D eigenvalue weighted by Gasteiger charge is 2.10. The number of nitrogens with one attached hydrogen (secondary N) is 1. The fourth-order valence-corrected chi connectivity index (χ4v) is 1.56. The Balaban J connectivity index is 3.77. The van der Waals surface area contributed by atoms with E-state index in [1.54, 1.807) is 7.11 Å². The van der Waals surface area contributed by atoms with Crippen molar-refractivity contribution in [2.24, 2.45) is 0 Å². The van der Waals surface area contributed by atoms with Gasteiger partial charge in [0.1, 0.15) is 0 Å². The molecule has 0 aromatic rings. The number of rotatable bonds is 10. The van der Waals surface area contributed by atoms with E-state index in [9.17, 15) is 0 Å². The summed E-state index contributed by atoms with van der Waals surface area (Å²) in [6, 6.07) is 0.442. The van der Waals surface area contributed by atoms with Crippen LogP contribution in [0.3, 0.4) is 0 Å². The molecule has 4 heteroatoms. The highest BCUT2D eigenvalue weighted by atomic mass is 16.5. The molecular formula is C12H29N3O. The van der Waals surface area contributed by atoms with Crippen LogP contribution in [0, 0.1) is 0 Å². The van der Waals surface area contributed by atoms with Crippen molar-refractivity contribution in [1.82, 2.24) is 15.1 Å². The van der Waals surface area contributed by atoms with Gasteiger partial charge in [-0.05, 0) is 34.1 Å². The summed E-state index contributed by atoms with van der Waals surface area (Å²) >= 11 is 0. The third-order valence-corrected chi connectivity index (χ3v) is 2.51. The maximum absolute atomic E-state index is 5.23. The first kappa shape index (κ1) is 15.8. The summed E-state index contributed by atoms with van der Waals surface area (Å²) in [5.41, 5.74) is 0. The minimum absolute atomic E-state index is 0.442. The highest BCUT2D eigenvalue weighted by Crippen LogP contribution is 1.92. The average Bonchev–Trinajstić information content (AvgIpc) is 2.23. The first-order valence-corrected chi connectivity index (χ1v) is 6.15. The standard InChI is InChI=1S/C12H29N3O/c1-6-7-13-12(11-16-5)10-15(4)9-8-14(2)3/h12-13H,6-11H2,1-5H3. The summed E-state index contributed by atoms with van der Waals surface area (Å²) in [5.74, 6) is 0. The van der Waals surface area contributed by atoms with Crippen LogP contribution in [0.15, 0.2) is 0 Å². The lowest BCUT2D eigenvalue weighted by Gasteiger charge is -2.25. The van der Waals surface area contributed by atoms with Crippen LogP contribution in [0.2, 0.25) is 0 Å². The van der Waals surface area contributed by atoms with Gasteiger partial charge in [0, 0.05) is 32.8 Å². The first-order valence-electron chi connectivity index (χ1n) is 6.15. The molecule has 0 heterocycles. The lowest BCUT2D eigenvalue weighted by molar-refractivity contribution is 0.143. The molecule has 4 nitrogen and oxygen atoms in total. The molecule has 0 saturated carbocycles. The quantitative estimate of drug-likeness (QED) is 0.592. The van der Waals surface area contributed by atoms with Gasteiger partial charge >= 0.3 is 0 Å². The zero-order chi connectivity index (χ0) is 12.4. The van der Waals surface area contributed by atoms with E-state index in [0.29, 0.717) is 6.04 Å². The molecule has 1 atom stereocenters. The number of likely N-dealkylation sites (N-methyl/N-ethyl adjacent to an activating group) is 2. The van der Waals surface area contributed by atoms with E-state index in [2.05, 4.69) is 43.2 Å². The molecule has 1 unspecified atom stereocenters. The van der Waals surface area contributed by atoms with Crippen LogP contribution in [0.25, 0.3) is 0 Å². The Hall–Kier alpha value is -0.160. The Kier molecular flexibility index (Phi) is 9.92. The van der Waals surface area contributed by atoms with Gasteiger partial charge in [0.05, 0.1) is 6.61 Å². The monoisotopic (exact) mass is 231 g/mol. The average molecular weight is 231 g/mol. The van der Waals surface area contributed by atoms with Crippen LogP contribution >= 0.6 is 0 Å². The second kappa shape index (κ2) is 10.0. The first-order chi connectivity index (χ1) is 7.60. The van der Waals surface area contributed by atoms with Gasteiger partial charge in [0.25, 0.3) is 0 Å². The Morgan fingerprint density at radius 2 is 1.88 bits per heavy atom. The van der Waals surface area contributed by atoms with Crippen molar-refractivity contribution in [2.75, 3.05) is 61.0 Å². The molecule has 0 spiro atoms. The summed E-state index contributed by atoms with van der Waals surface area (Å²) in [4.78, 5) is 4.56. The minimum Gasteiger partial charge on any atom is -0.383 e. The second-order valence-corrected chi connectivity index (χ2v) is 4.67. The van der Waals surface area contributed by atoms with Gasteiger partial charge in [-0.15, -0.1) is 0 Å². The predicted molar refractivity (Wildman–Crippen MR) is 70.0 cm³/mol. The molecule has 0 rings (SSSR count). The molecule has 0 fully saturated rings. The van der Waals surface area contributed by atoms with Crippen molar-refractivity contribution in [2.45, 2.75) is 19.4 Å². The smallest absolute Gasteiger partial charge is 0.0628 e.